The number of nitrogens with two attached hydrogens (primary N) is 1. The summed E-state index contributed by atoms with van der Waals surface area (Å²) >= 11 is 1.58. The highest BCUT2D eigenvalue weighted by Gasteiger charge is 2.17. The molecule has 4 nitrogen and oxygen atoms in total. The van der Waals surface area contributed by atoms with E-state index < -0.39 is 0 Å². The lowest BCUT2D eigenvalue weighted by Crippen LogP contribution is -2.34. The van der Waals surface area contributed by atoms with Gasteiger partial charge in [-0.25, -0.2) is 4.98 Å². The molecule has 0 bridgehead atoms. The van der Waals surface area contributed by atoms with Gasteiger partial charge in [0.15, 0.2) is 0 Å². The van der Waals surface area contributed by atoms with Crippen LogP contribution >= 0.6 is 23.7 Å². The molecule has 2 atom stereocenters. The molecule has 3 N–H and O–H groups in total. The summed E-state index contributed by atoms with van der Waals surface area (Å²) < 4.78 is 1.11. The van der Waals surface area contributed by atoms with Gasteiger partial charge in [0.25, 0.3) is 0 Å². The lowest BCUT2D eigenvalue weighted by atomic mass is 10.0. The smallest absolute Gasteiger partial charge is 0.228 e. The number of carbonyl (C=O) groups is 1. The van der Waals surface area contributed by atoms with Crippen molar-refractivity contribution in [3.05, 3.63) is 23.7 Å². The molecule has 0 saturated carbocycles. The van der Waals surface area contributed by atoms with E-state index in [2.05, 4.69) is 10.3 Å². The largest absolute Gasteiger partial charge is 0.327 e. The Balaban J connectivity index is 0.00000162. The molecule has 1 aromatic heterocycles. The molecule has 0 spiro atoms. The maximum atomic E-state index is 11.8. The van der Waals surface area contributed by atoms with Crippen LogP contribution in [0.15, 0.2) is 23.7 Å². The first kappa shape index (κ1) is 14.9. The van der Waals surface area contributed by atoms with E-state index in [0.29, 0.717) is 0 Å². The first-order chi connectivity index (χ1) is 8.08. The molecule has 18 heavy (non-hydrogen) atoms. The molecule has 6 heteroatoms. The van der Waals surface area contributed by atoms with E-state index in [-0.39, 0.29) is 30.3 Å². The van der Waals surface area contributed by atoms with Crippen LogP contribution in [0, 0.1) is 5.92 Å². The standard InChI is InChI=1S/C12H15N3OS.ClH/c1-7(8(2)13)12(16)15-9-3-4-11-10(5-9)14-6-17-11;/h3-8H,13H2,1-2H3,(H,15,16);1H. The minimum atomic E-state index is -0.207. The van der Waals surface area contributed by atoms with Crippen LogP contribution < -0.4 is 11.1 Å². The number of aromatic nitrogens is 1. The van der Waals surface area contributed by atoms with Crippen molar-refractivity contribution in [2.75, 3.05) is 5.32 Å². The van der Waals surface area contributed by atoms with Crippen molar-refractivity contribution in [2.24, 2.45) is 11.7 Å². The third-order valence-corrected chi connectivity index (χ3v) is 3.61. The molecule has 0 saturated heterocycles. The number of nitrogens with zero attached hydrogens (tertiary/aromatic N) is 1. The van der Waals surface area contributed by atoms with Crippen molar-refractivity contribution in [3.63, 3.8) is 0 Å². The molecule has 0 aliphatic rings. The molecule has 1 amide bonds. The lowest BCUT2D eigenvalue weighted by molar-refractivity contribution is -0.119. The van der Waals surface area contributed by atoms with Gasteiger partial charge in [0, 0.05) is 11.7 Å². The maximum absolute atomic E-state index is 11.8. The van der Waals surface area contributed by atoms with Gasteiger partial charge in [0.2, 0.25) is 5.91 Å². The predicted molar refractivity (Wildman–Crippen MR) is 78.3 cm³/mol. The highest BCUT2D eigenvalue weighted by Crippen LogP contribution is 2.21. The van der Waals surface area contributed by atoms with E-state index >= 15 is 0 Å². The average molecular weight is 286 g/mol. The van der Waals surface area contributed by atoms with E-state index in [4.69, 9.17) is 5.73 Å². The number of carbonyl (C=O) groups excluding carboxylic acids is 1. The van der Waals surface area contributed by atoms with Gasteiger partial charge in [-0.1, -0.05) is 6.92 Å². The molecule has 0 aliphatic heterocycles. The molecule has 2 rings (SSSR count). The van der Waals surface area contributed by atoms with Crippen LogP contribution in [-0.2, 0) is 4.79 Å². The van der Waals surface area contributed by atoms with Crippen LogP contribution in [0.2, 0.25) is 0 Å². The summed E-state index contributed by atoms with van der Waals surface area (Å²) in [6.07, 6.45) is 0. The van der Waals surface area contributed by atoms with Crippen LogP contribution in [0.1, 0.15) is 13.8 Å². The fraction of sp³-hybridized carbons (Fsp3) is 0.333. The van der Waals surface area contributed by atoms with Gasteiger partial charge in [0.05, 0.1) is 21.6 Å². The van der Waals surface area contributed by atoms with Crippen molar-refractivity contribution in [1.29, 1.82) is 0 Å². The third kappa shape index (κ3) is 3.19. The predicted octanol–water partition coefficient (Wildman–Crippen LogP) is 2.64. The molecule has 0 aliphatic carbocycles. The molecule has 1 heterocycles. The number of hydrogen-bond donors (Lipinski definition) is 2. The normalized spacial score (nSPS) is 13.7. The summed E-state index contributed by atoms with van der Waals surface area (Å²) in [5.74, 6) is -0.268. The number of fused-ring (bicyclic) bond motifs is 1. The molecule has 0 radical (unpaired) electrons. The van der Waals surface area contributed by atoms with Gasteiger partial charge in [-0.05, 0) is 25.1 Å². The highest BCUT2D eigenvalue weighted by molar-refractivity contribution is 7.16. The monoisotopic (exact) mass is 285 g/mol. The summed E-state index contributed by atoms with van der Waals surface area (Å²) in [6.45, 7) is 3.65. The Bertz CT molecular complexity index is 541. The zero-order valence-corrected chi connectivity index (χ0v) is 11.8. The van der Waals surface area contributed by atoms with Crippen molar-refractivity contribution in [3.8, 4) is 0 Å². The van der Waals surface area contributed by atoms with Crippen LogP contribution in [0.3, 0.4) is 0 Å². The molecule has 98 valence electrons. The number of benzene rings is 1. The Labute approximate surface area is 116 Å². The van der Waals surface area contributed by atoms with Crippen molar-refractivity contribution < 1.29 is 4.79 Å². The Morgan fingerprint density at radius 2 is 2.17 bits per heavy atom. The Hall–Kier alpha value is -1.17. The van der Waals surface area contributed by atoms with Crippen LogP contribution in [-0.4, -0.2) is 16.9 Å². The fourth-order valence-electron chi connectivity index (χ4n) is 1.43. The van der Waals surface area contributed by atoms with Gasteiger partial charge < -0.3 is 11.1 Å². The molecule has 0 fully saturated rings. The summed E-state index contributed by atoms with van der Waals surface area (Å²) in [5.41, 5.74) is 9.15. The first-order valence-corrected chi connectivity index (χ1v) is 6.35. The van der Waals surface area contributed by atoms with Gasteiger partial charge in [0.1, 0.15) is 0 Å². The van der Waals surface area contributed by atoms with Crippen molar-refractivity contribution in [2.45, 2.75) is 19.9 Å². The minimum Gasteiger partial charge on any atom is -0.327 e. The quantitative estimate of drug-likeness (QED) is 0.911. The topological polar surface area (TPSA) is 68.0 Å². The van der Waals surface area contributed by atoms with Crippen molar-refractivity contribution >= 4 is 45.6 Å². The summed E-state index contributed by atoms with van der Waals surface area (Å²) in [6, 6.07) is 5.56. The fourth-order valence-corrected chi connectivity index (χ4v) is 2.09. The molecular formula is C12H16ClN3OS. The Morgan fingerprint density at radius 1 is 1.44 bits per heavy atom. The zero-order valence-electron chi connectivity index (χ0n) is 10.2. The van der Waals surface area contributed by atoms with E-state index in [9.17, 15) is 4.79 Å². The number of rotatable bonds is 3. The SMILES string of the molecule is CC(N)C(C)C(=O)Nc1ccc2scnc2c1.Cl. The van der Waals surface area contributed by atoms with Crippen LogP contribution in [0.4, 0.5) is 5.69 Å². The number of thiazole rings is 1. The second-order valence-corrected chi connectivity index (χ2v) is 5.06. The number of nitrogens with one attached hydrogen (secondary N) is 1. The highest BCUT2D eigenvalue weighted by atomic mass is 35.5. The molecular weight excluding hydrogens is 270 g/mol. The number of halogens is 1. The van der Waals surface area contributed by atoms with Crippen LogP contribution in [0.25, 0.3) is 10.2 Å². The lowest BCUT2D eigenvalue weighted by Gasteiger charge is -2.15. The summed E-state index contributed by atoms with van der Waals surface area (Å²) in [7, 11) is 0. The number of anilines is 1. The van der Waals surface area contributed by atoms with Crippen LogP contribution in [0.5, 0.6) is 0 Å². The molecule has 1 aromatic carbocycles. The summed E-state index contributed by atoms with van der Waals surface area (Å²) in [4.78, 5) is 16.0. The van der Waals surface area contributed by atoms with Gasteiger partial charge in [-0.2, -0.15) is 0 Å². The maximum Gasteiger partial charge on any atom is 0.228 e. The second kappa shape index (κ2) is 6.13. The van der Waals surface area contributed by atoms with Crippen molar-refractivity contribution in [1.82, 2.24) is 4.98 Å². The molecule has 2 unspecified atom stereocenters. The van der Waals surface area contributed by atoms with E-state index in [1.165, 1.54) is 0 Å². The number of amides is 1. The third-order valence-electron chi connectivity index (χ3n) is 2.80. The average Bonchev–Trinajstić information content (AvgIpc) is 2.74. The first-order valence-electron chi connectivity index (χ1n) is 5.47. The van der Waals surface area contributed by atoms with Gasteiger partial charge in [-0.15, -0.1) is 23.7 Å². The molecule has 2 aromatic rings. The zero-order chi connectivity index (χ0) is 12.4. The van der Waals surface area contributed by atoms with E-state index in [0.717, 1.165) is 15.9 Å². The van der Waals surface area contributed by atoms with E-state index in [1.807, 2.05) is 32.0 Å². The number of hydrogen-bond acceptors (Lipinski definition) is 4. The Kier molecular flexibility index (Phi) is 5.07. The van der Waals surface area contributed by atoms with Gasteiger partial charge >= 0.3 is 0 Å². The second-order valence-electron chi connectivity index (χ2n) is 4.17. The minimum absolute atomic E-state index is 0. The Morgan fingerprint density at radius 3 is 2.83 bits per heavy atom. The van der Waals surface area contributed by atoms with Gasteiger partial charge in [-0.3, -0.25) is 4.79 Å². The van der Waals surface area contributed by atoms with E-state index in [1.54, 1.807) is 16.8 Å². The summed E-state index contributed by atoms with van der Waals surface area (Å²) in [5, 5.41) is 2.85.